The number of hydrogen-bond donors (Lipinski definition) is 1. The molecule has 29 heavy (non-hydrogen) atoms. The van der Waals surface area contributed by atoms with Gasteiger partial charge in [0.2, 0.25) is 0 Å². The number of aryl methyl sites for hydroxylation is 4. The Balaban J connectivity index is 1.61. The molecule has 0 spiro atoms. The fraction of sp³-hybridized carbons (Fsp3) is 0.318. The monoisotopic (exact) mass is 407 g/mol. The van der Waals surface area contributed by atoms with E-state index in [0.717, 1.165) is 38.9 Å². The van der Waals surface area contributed by atoms with Crippen LogP contribution < -0.4 is 0 Å². The second-order valence-electron chi connectivity index (χ2n) is 7.38. The van der Waals surface area contributed by atoms with Crippen LogP contribution in [0.3, 0.4) is 0 Å². The number of rotatable bonds is 6. The van der Waals surface area contributed by atoms with Crippen LogP contribution in [0.1, 0.15) is 37.3 Å². The number of hydrogen-bond acceptors (Lipinski definition) is 4. The Kier molecular flexibility index (Phi) is 5.24. The van der Waals surface area contributed by atoms with Gasteiger partial charge in [0.15, 0.2) is 0 Å². The van der Waals surface area contributed by atoms with Crippen molar-refractivity contribution in [1.29, 1.82) is 0 Å². The van der Waals surface area contributed by atoms with Crippen LogP contribution in [0.4, 0.5) is 0 Å². The summed E-state index contributed by atoms with van der Waals surface area (Å²) in [4.78, 5) is 23.8. The summed E-state index contributed by atoms with van der Waals surface area (Å²) in [5.41, 5.74) is 5.12. The molecule has 0 atom stereocenters. The molecule has 6 nitrogen and oxygen atoms in total. The molecular formula is C22H25N5OS. The zero-order valence-electron chi connectivity index (χ0n) is 17.2. The lowest BCUT2D eigenvalue weighted by molar-refractivity contribution is 0.0745. The van der Waals surface area contributed by atoms with Gasteiger partial charge in [0.1, 0.15) is 4.88 Å². The topological polar surface area (TPSA) is 66.8 Å². The lowest BCUT2D eigenvalue weighted by atomic mass is 10.1. The Hall–Kier alpha value is -2.93. The summed E-state index contributed by atoms with van der Waals surface area (Å²) < 4.78 is 1.85. The van der Waals surface area contributed by atoms with Crippen molar-refractivity contribution >= 4 is 28.1 Å². The molecule has 0 aliphatic carbocycles. The third kappa shape index (κ3) is 3.96. The van der Waals surface area contributed by atoms with Crippen molar-refractivity contribution in [2.75, 3.05) is 6.54 Å². The molecule has 0 unspecified atom stereocenters. The molecule has 3 aromatic heterocycles. The van der Waals surface area contributed by atoms with Crippen molar-refractivity contribution in [1.82, 2.24) is 24.6 Å². The third-order valence-electron chi connectivity index (χ3n) is 5.16. The Bertz CT molecular complexity index is 1170. The number of carbonyl (C=O) groups is 1. The van der Waals surface area contributed by atoms with Crippen LogP contribution in [0.5, 0.6) is 0 Å². The molecule has 3 heterocycles. The first-order valence-electron chi connectivity index (χ1n) is 9.70. The Labute approximate surface area is 174 Å². The van der Waals surface area contributed by atoms with Gasteiger partial charge < -0.3 is 9.88 Å². The third-order valence-corrected chi connectivity index (χ3v) is 6.22. The predicted molar refractivity (Wildman–Crippen MR) is 116 cm³/mol. The maximum absolute atomic E-state index is 13.4. The average molecular weight is 408 g/mol. The number of benzene rings is 1. The predicted octanol–water partition coefficient (Wildman–Crippen LogP) is 4.17. The molecule has 1 amide bonds. The van der Waals surface area contributed by atoms with E-state index < -0.39 is 0 Å². The maximum Gasteiger partial charge on any atom is 0.266 e. The van der Waals surface area contributed by atoms with Gasteiger partial charge in [-0.1, -0.05) is 18.2 Å². The number of nitrogens with zero attached hydrogens (tertiary/aromatic N) is 4. The molecule has 0 bridgehead atoms. The van der Waals surface area contributed by atoms with Crippen molar-refractivity contribution in [2.45, 2.75) is 33.7 Å². The van der Waals surface area contributed by atoms with Crippen LogP contribution in [0.25, 0.3) is 10.9 Å². The number of para-hydroxylation sites is 1. The summed E-state index contributed by atoms with van der Waals surface area (Å²) in [6, 6.07) is 10.3. The number of amides is 1. The van der Waals surface area contributed by atoms with Gasteiger partial charge in [-0.05, 0) is 44.9 Å². The van der Waals surface area contributed by atoms with Crippen molar-refractivity contribution in [3.05, 3.63) is 69.1 Å². The van der Waals surface area contributed by atoms with E-state index >= 15 is 0 Å². The largest absolute Gasteiger partial charge is 0.361 e. The number of carbonyl (C=O) groups excluding carboxylic acids is 1. The smallest absolute Gasteiger partial charge is 0.266 e. The van der Waals surface area contributed by atoms with Gasteiger partial charge in [0.25, 0.3) is 5.91 Å². The molecular weight excluding hydrogens is 382 g/mol. The molecule has 0 aliphatic heterocycles. The zero-order valence-corrected chi connectivity index (χ0v) is 18.0. The van der Waals surface area contributed by atoms with Gasteiger partial charge in [0.05, 0.1) is 28.6 Å². The van der Waals surface area contributed by atoms with Crippen LogP contribution in [0.15, 0.2) is 36.5 Å². The van der Waals surface area contributed by atoms with Gasteiger partial charge in [-0.3, -0.25) is 9.48 Å². The number of aromatic amines is 1. The zero-order chi connectivity index (χ0) is 20.5. The quantitative estimate of drug-likeness (QED) is 0.522. The van der Waals surface area contributed by atoms with Crippen molar-refractivity contribution in [3.63, 3.8) is 0 Å². The Morgan fingerprint density at radius 1 is 1.24 bits per heavy atom. The molecule has 0 saturated heterocycles. The van der Waals surface area contributed by atoms with E-state index in [1.165, 1.54) is 22.3 Å². The average Bonchev–Trinajstić information content (AvgIpc) is 3.35. The van der Waals surface area contributed by atoms with Crippen LogP contribution in [0.2, 0.25) is 0 Å². The minimum Gasteiger partial charge on any atom is -0.361 e. The van der Waals surface area contributed by atoms with Gasteiger partial charge in [-0.25, -0.2) is 4.98 Å². The first-order chi connectivity index (χ1) is 13.9. The lowest BCUT2D eigenvalue weighted by Crippen LogP contribution is -2.33. The molecule has 0 radical (unpaired) electrons. The highest BCUT2D eigenvalue weighted by atomic mass is 32.1. The Morgan fingerprint density at radius 2 is 2.03 bits per heavy atom. The molecule has 1 aromatic carbocycles. The summed E-state index contributed by atoms with van der Waals surface area (Å²) in [6.45, 7) is 6.96. The van der Waals surface area contributed by atoms with E-state index in [1.54, 1.807) is 0 Å². The van der Waals surface area contributed by atoms with Crippen LogP contribution >= 0.6 is 11.3 Å². The molecule has 0 fully saturated rings. The molecule has 0 aliphatic rings. The molecule has 150 valence electrons. The number of H-pyrrole nitrogens is 1. The standard InChI is InChI=1S/C22H25N5OS/c1-14-11-18(26(4)25-14)13-27(22(28)21-15(2)24-16(3)29-21)10-9-17-12-23-20-8-6-5-7-19(17)20/h5-8,11-12,23H,9-10,13H2,1-4H3. The first kappa shape index (κ1) is 19.4. The highest BCUT2D eigenvalue weighted by molar-refractivity contribution is 7.13. The van der Waals surface area contributed by atoms with Crippen LogP contribution in [-0.4, -0.2) is 37.1 Å². The molecule has 7 heteroatoms. The summed E-state index contributed by atoms with van der Waals surface area (Å²) >= 11 is 1.47. The highest BCUT2D eigenvalue weighted by Gasteiger charge is 2.22. The van der Waals surface area contributed by atoms with Crippen molar-refractivity contribution in [2.24, 2.45) is 7.05 Å². The summed E-state index contributed by atoms with van der Waals surface area (Å²) in [5.74, 6) is 0.0341. The van der Waals surface area contributed by atoms with Gasteiger partial charge in [-0.2, -0.15) is 5.10 Å². The summed E-state index contributed by atoms with van der Waals surface area (Å²) in [5, 5.41) is 6.56. The van der Waals surface area contributed by atoms with Gasteiger partial charge in [0, 0.05) is 30.7 Å². The lowest BCUT2D eigenvalue weighted by Gasteiger charge is -2.22. The van der Waals surface area contributed by atoms with Crippen molar-refractivity contribution < 1.29 is 4.79 Å². The van der Waals surface area contributed by atoms with E-state index in [1.807, 2.05) is 61.8 Å². The highest BCUT2D eigenvalue weighted by Crippen LogP contribution is 2.22. The Morgan fingerprint density at radius 3 is 2.72 bits per heavy atom. The molecule has 0 saturated carbocycles. The maximum atomic E-state index is 13.4. The minimum absolute atomic E-state index is 0.0341. The van der Waals surface area contributed by atoms with E-state index in [-0.39, 0.29) is 5.91 Å². The van der Waals surface area contributed by atoms with Crippen LogP contribution in [-0.2, 0) is 20.0 Å². The number of aromatic nitrogens is 4. The summed E-state index contributed by atoms with van der Waals surface area (Å²) in [6.07, 6.45) is 2.83. The molecule has 1 N–H and O–H groups in total. The van der Waals surface area contributed by atoms with E-state index in [2.05, 4.69) is 27.2 Å². The number of nitrogens with one attached hydrogen (secondary N) is 1. The fourth-order valence-electron chi connectivity index (χ4n) is 3.73. The van der Waals surface area contributed by atoms with E-state index in [9.17, 15) is 4.79 Å². The van der Waals surface area contributed by atoms with Gasteiger partial charge >= 0.3 is 0 Å². The fourth-order valence-corrected chi connectivity index (χ4v) is 4.62. The SMILES string of the molecule is Cc1cc(CN(CCc2c[nH]c3ccccc23)C(=O)c2sc(C)nc2C)n(C)n1. The van der Waals surface area contributed by atoms with Gasteiger partial charge in [-0.15, -0.1) is 11.3 Å². The van der Waals surface area contributed by atoms with E-state index in [0.29, 0.717) is 13.1 Å². The minimum atomic E-state index is 0.0341. The first-order valence-corrected chi connectivity index (χ1v) is 10.5. The van der Waals surface area contributed by atoms with Crippen LogP contribution in [0, 0.1) is 20.8 Å². The second-order valence-corrected chi connectivity index (χ2v) is 8.59. The molecule has 4 rings (SSSR count). The number of thiazole rings is 1. The van der Waals surface area contributed by atoms with E-state index in [4.69, 9.17) is 0 Å². The summed E-state index contributed by atoms with van der Waals surface area (Å²) in [7, 11) is 1.92. The number of fused-ring (bicyclic) bond motifs is 1. The normalized spacial score (nSPS) is 11.3. The second kappa shape index (κ2) is 7.83. The molecule has 4 aromatic rings. The van der Waals surface area contributed by atoms with Crippen molar-refractivity contribution in [3.8, 4) is 0 Å².